The zero-order valence-corrected chi connectivity index (χ0v) is 18.2. The summed E-state index contributed by atoms with van der Waals surface area (Å²) in [5, 5.41) is 0. The summed E-state index contributed by atoms with van der Waals surface area (Å²) >= 11 is 0. The molecule has 2 aromatic heterocycles. The van der Waals surface area contributed by atoms with Crippen LogP contribution < -0.4 is 5.56 Å². The molecule has 1 aliphatic heterocycles. The van der Waals surface area contributed by atoms with E-state index in [-0.39, 0.29) is 47.8 Å². The van der Waals surface area contributed by atoms with Crippen molar-refractivity contribution in [1.82, 2.24) is 19.2 Å². The molecule has 0 bridgehead atoms. The van der Waals surface area contributed by atoms with E-state index in [9.17, 15) is 22.8 Å². The SMILES string of the molecule is CC1(C)CC(=O)c2cc(C(=O)N3CCN(S(=O)(=O)c4cccnc4)CC3)c(=O)[nH]c2C1. The van der Waals surface area contributed by atoms with Gasteiger partial charge in [-0.15, -0.1) is 0 Å². The molecule has 9 nitrogen and oxygen atoms in total. The van der Waals surface area contributed by atoms with Crippen LogP contribution in [-0.4, -0.2) is 65.5 Å². The lowest BCUT2D eigenvalue weighted by Gasteiger charge is -2.34. The summed E-state index contributed by atoms with van der Waals surface area (Å²) in [6.07, 6.45) is 3.70. The summed E-state index contributed by atoms with van der Waals surface area (Å²) < 4.78 is 26.8. The number of hydrogen-bond donors (Lipinski definition) is 1. The molecule has 0 atom stereocenters. The number of Topliss-reactive ketones (excluding diaryl/α,β-unsaturated/α-hetero) is 1. The molecule has 1 amide bonds. The van der Waals surface area contributed by atoms with Crippen LogP contribution in [0.5, 0.6) is 0 Å². The minimum absolute atomic E-state index is 0.0876. The van der Waals surface area contributed by atoms with Gasteiger partial charge in [-0.1, -0.05) is 13.8 Å². The van der Waals surface area contributed by atoms with Gasteiger partial charge in [0.15, 0.2) is 5.78 Å². The summed E-state index contributed by atoms with van der Waals surface area (Å²) in [6.45, 7) is 4.44. The monoisotopic (exact) mass is 444 g/mol. The molecule has 4 rings (SSSR count). The van der Waals surface area contributed by atoms with Crippen molar-refractivity contribution in [1.29, 1.82) is 0 Å². The zero-order valence-electron chi connectivity index (χ0n) is 17.4. The summed E-state index contributed by atoms with van der Waals surface area (Å²) in [6, 6.07) is 4.43. The van der Waals surface area contributed by atoms with Gasteiger partial charge in [-0.05, 0) is 30.0 Å². The van der Waals surface area contributed by atoms with Gasteiger partial charge in [-0.3, -0.25) is 19.4 Å². The maximum atomic E-state index is 13.0. The average Bonchev–Trinajstić information content (AvgIpc) is 2.73. The number of nitrogens with zero attached hydrogens (tertiary/aromatic N) is 3. The van der Waals surface area contributed by atoms with Crippen molar-refractivity contribution < 1.29 is 18.0 Å². The highest BCUT2D eigenvalue weighted by molar-refractivity contribution is 7.89. The predicted molar refractivity (Wildman–Crippen MR) is 112 cm³/mol. The first-order chi connectivity index (χ1) is 14.6. The highest BCUT2D eigenvalue weighted by atomic mass is 32.2. The second kappa shape index (κ2) is 7.69. The van der Waals surface area contributed by atoms with Crippen LogP contribution in [0.4, 0.5) is 0 Å². The Hall–Kier alpha value is -2.85. The van der Waals surface area contributed by atoms with Crippen LogP contribution in [0.25, 0.3) is 0 Å². The smallest absolute Gasteiger partial charge is 0.261 e. The summed E-state index contributed by atoms with van der Waals surface area (Å²) in [5.74, 6) is -0.593. The molecule has 164 valence electrons. The van der Waals surface area contributed by atoms with Crippen LogP contribution in [0.15, 0.2) is 40.3 Å². The molecule has 1 N–H and O–H groups in total. The van der Waals surface area contributed by atoms with E-state index in [2.05, 4.69) is 9.97 Å². The first kappa shape index (κ1) is 21.4. The number of H-pyrrole nitrogens is 1. The fourth-order valence-corrected chi connectivity index (χ4v) is 5.52. The Morgan fingerprint density at radius 1 is 1.13 bits per heavy atom. The third-order valence-electron chi connectivity index (χ3n) is 5.75. The van der Waals surface area contributed by atoms with Gasteiger partial charge in [0.1, 0.15) is 10.5 Å². The number of nitrogens with one attached hydrogen (secondary N) is 1. The maximum absolute atomic E-state index is 13.0. The van der Waals surface area contributed by atoms with E-state index < -0.39 is 21.5 Å². The van der Waals surface area contributed by atoms with E-state index in [4.69, 9.17) is 0 Å². The van der Waals surface area contributed by atoms with Gasteiger partial charge < -0.3 is 9.88 Å². The molecule has 1 aliphatic carbocycles. The Balaban J connectivity index is 1.52. The number of aromatic amines is 1. The number of rotatable bonds is 3. The molecule has 3 heterocycles. The van der Waals surface area contributed by atoms with E-state index in [0.717, 1.165) is 0 Å². The fraction of sp³-hybridized carbons (Fsp3) is 0.429. The third kappa shape index (κ3) is 4.05. The summed E-state index contributed by atoms with van der Waals surface area (Å²) in [7, 11) is -3.69. The van der Waals surface area contributed by atoms with Crippen LogP contribution in [0, 0.1) is 5.41 Å². The lowest BCUT2D eigenvalue weighted by Crippen LogP contribution is -2.51. The van der Waals surface area contributed by atoms with Crippen molar-refractivity contribution in [2.45, 2.75) is 31.6 Å². The van der Waals surface area contributed by atoms with Gasteiger partial charge >= 0.3 is 0 Å². The van der Waals surface area contributed by atoms with Gasteiger partial charge in [0, 0.05) is 56.3 Å². The third-order valence-corrected chi connectivity index (χ3v) is 7.63. The second-order valence-corrected chi connectivity index (χ2v) is 10.7. The maximum Gasteiger partial charge on any atom is 0.261 e. The van der Waals surface area contributed by atoms with E-state index in [1.807, 2.05) is 13.8 Å². The highest BCUT2D eigenvalue weighted by Crippen LogP contribution is 2.33. The number of sulfonamides is 1. The quantitative estimate of drug-likeness (QED) is 0.756. The van der Waals surface area contributed by atoms with Crippen LogP contribution in [-0.2, 0) is 16.4 Å². The van der Waals surface area contributed by atoms with Crippen LogP contribution >= 0.6 is 0 Å². The number of carbonyl (C=O) groups excluding carboxylic acids is 2. The fourth-order valence-electron chi connectivity index (χ4n) is 4.14. The van der Waals surface area contributed by atoms with Crippen molar-refractivity contribution in [3.05, 3.63) is 57.8 Å². The van der Waals surface area contributed by atoms with Gasteiger partial charge in [-0.2, -0.15) is 4.31 Å². The van der Waals surface area contributed by atoms with Gasteiger partial charge in [0.25, 0.3) is 11.5 Å². The van der Waals surface area contributed by atoms with Crippen molar-refractivity contribution in [2.75, 3.05) is 26.2 Å². The number of aromatic nitrogens is 2. The Morgan fingerprint density at radius 2 is 1.84 bits per heavy atom. The molecule has 0 saturated carbocycles. The van der Waals surface area contributed by atoms with Crippen LogP contribution in [0.1, 0.15) is 46.7 Å². The van der Waals surface area contributed by atoms with E-state index in [1.165, 1.54) is 33.7 Å². The van der Waals surface area contributed by atoms with Crippen LogP contribution in [0.2, 0.25) is 0 Å². The molecule has 2 aromatic rings. The van der Waals surface area contributed by atoms with Gasteiger partial charge in [-0.25, -0.2) is 8.42 Å². The molecular formula is C21H24N4O5S. The molecule has 0 unspecified atom stereocenters. The van der Waals surface area contributed by atoms with Crippen molar-refractivity contribution in [3.8, 4) is 0 Å². The molecule has 2 aliphatic rings. The van der Waals surface area contributed by atoms with Crippen LogP contribution in [0.3, 0.4) is 0 Å². The average molecular weight is 445 g/mol. The molecular weight excluding hydrogens is 420 g/mol. The highest BCUT2D eigenvalue weighted by Gasteiger charge is 2.35. The second-order valence-electron chi connectivity index (χ2n) is 8.73. The van der Waals surface area contributed by atoms with Gasteiger partial charge in [0.2, 0.25) is 10.0 Å². The Labute approximate surface area is 180 Å². The van der Waals surface area contributed by atoms with Crippen molar-refractivity contribution >= 4 is 21.7 Å². The first-order valence-corrected chi connectivity index (χ1v) is 11.5. The van der Waals surface area contributed by atoms with E-state index in [0.29, 0.717) is 24.1 Å². The zero-order chi connectivity index (χ0) is 22.4. The standard InChI is InChI=1S/C21H24N4O5S/c1-21(2)11-17-15(18(26)12-21)10-16(19(27)23-17)20(28)24-6-8-25(9-7-24)31(29,30)14-4-3-5-22-13-14/h3-5,10,13H,6-9,11-12H2,1-2H3,(H,23,27). The largest absolute Gasteiger partial charge is 0.336 e. The Kier molecular flexibility index (Phi) is 5.30. The molecule has 0 aromatic carbocycles. The molecule has 31 heavy (non-hydrogen) atoms. The molecule has 10 heteroatoms. The normalized spacial score (nSPS) is 19.2. The van der Waals surface area contributed by atoms with Crippen molar-refractivity contribution in [3.63, 3.8) is 0 Å². The van der Waals surface area contributed by atoms with Gasteiger partial charge in [0.05, 0.1) is 0 Å². The lowest BCUT2D eigenvalue weighted by molar-refractivity contribution is 0.0696. The number of fused-ring (bicyclic) bond motifs is 1. The summed E-state index contributed by atoms with van der Waals surface area (Å²) in [4.78, 5) is 46.2. The number of ketones is 1. The minimum atomic E-state index is -3.69. The molecule has 0 spiro atoms. The van der Waals surface area contributed by atoms with E-state index >= 15 is 0 Å². The Bertz CT molecular complexity index is 1200. The molecule has 1 fully saturated rings. The number of hydrogen-bond acceptors (Lipinski definition) is 6. The number of pyridine rings is 2. The Morgan fingerprint density at radius 3 is 2.48 bits per heavy atom. The lowest BCUT2D eigenvalue weighted by atomic mass is 9.75. The predicted octanol–water partition coefficient (Wildman–Crippen LogP) is 1.07. The summed E-state index contributed by atoms with van der Waals surface area (Å²) in [5.41, 5.74) is 0.0968. The number of carbonyl (C=O) groups is 2. The van der Waals surface area contributed by atoms with Crippen molar-refractivity contribution in [2.24, 2.45) is 5.41 Å². The topological polar surface area (TPSA) is 121 Å². The van der Waals surface area contributed by atoms with E-state index in [1.54, 1.807) is 6.07 Å². The number of piperazine rings is 1. The molecule has 0 radical (unpaired) electrons. The number of amides is 1. The first-order valence-electron chi connectivity index (χ1n) is 10.1. The molecule has 1 saturated heterocycles. The minimum Gasteiger partial charge on any atom is -0.336 e.